The lowest BCUT2D eigenvalue weighted by atomic mass is 10.2. The number of sulfonamides is 1. The van der Waals surface area contributed by atoms with E-state index in [4.69, 9.17) is 16.3 Å². The Hall–Kier alpha value is -2.09. The zero-order valence-electron chi connectivity index (χ0n) is 13.9. The molecule has 1 amide bonds. The van der Waals surface area contributed by atoms with Gasteiger partial charge >= 0.3 is 0 Å². The van der Waals surface area contributed by atoms with Crippen molar-refractivity contribution in [2.45, 2.75) is 18.7 Å². The van der Waals surface area contributed by atoms with Crippen molar-refractivity contribution in [1.29, 1.82) is 0 Å². The zero-order chi connectivity index (χ0) is 18.4. The molecule has 0 saturated heterocycles. The third kappa shape index (κ3) is 5.45. The number of ether oxygens (including phenoxy) is 1. The number of rotatable bonds is 7. The number of hydrogen-bond acceptors (Lipinski definition) is 4. The molecule has 8 heteroatoms. The third-order valence-corrected chi connectivity index (χ3v) is 4.98. The van der Waals surface area contributed by atoms with Gasteiger partial charge in [0.25, 0.3) is 0 Å². The van der Waals surface area contributed by atoms with Gasteiger partial charge in [0, 0.05) is 10.7 Å². The molecule has 0 aliphatic heterocycles. The normalized spacial score (nSPS) is 11.2. The molecule has 0 fully saturated rings. The molecule has 0 heterocycles. The van der Waals surface area contributed by atoms with Crippen molar-refractivity contribution in [3.8, 4) is 5.75 Å². The fourth-order valence-electron chi connectivity index (χ4n) is 2.09. The van der Waals surface area contributed by atoms with Gasteiger partial charge in [0.15, 0.2) is 0 Å². The third-order valence-electron chi connectivity index (χ3n) is 3.33. The van der Waals surface area contributed by atoms with Crippen molar-refractivity contribution >= 4 is 33.2 Å². The summed E-state index contributed by atoms with van der Waals surface area (Å²) < 4.78 is 32.0. The molecule has 0 aromatic heterocycles. The summed E-state index contributed by atoms with van der Waals surface area (Å²) in [6.07, 6.45) is 0. The Morgan fingerprint density at radius 3 is 2.44 bits per heavy atom. The molecule has 0 spiro atoms. The molecule has 2 aromatic rings. The largest absolute Gasteiger partial charge is 0.494 e. The molecule has 2 N–H and O–H groups in total. The molecule has 0 aliphatic rings. The maximum atomic E-state index is 12.2. The number of carbonyl (C=O) groups excluding carboxylic acids is 1. The van der Waals surface area contributed by atoms with E-state index in [0.29, 0.717) is 23.1 Å². The minimum Gasteiger partial charge on any atom is -0.494 e. The first-order chi connectivity index (χ1) is 11.8. The summed E-state index contributed by atoms with van der Waals surface area (Å²) in [5, 5.41) is 3.20. The number of benzene rings is 2. The van der Waals surface area contributed by atoms with E-state index in [1.165, 1.54) is 12.1 Å². The molecule has 6 nitrogen and oxygen atoms in total. The Morgan fingerprint density at radius 1 is 1.16 bits per heavy atom. The van der Waals surface area contributed by atoms with Gasteiger partial charge in [-0.3, -0.25) is 4.79 Å². The second kappa shape index (κ2) is 8.33. The summed E-state index contributed by atoms with van der Waals surface area (Å²) in [7, 11) is -3.78. The highest BCUT2D eigenvalue weighted by atomic mass is 35.5. The smallest absolute Gasteiger partial charge is 0.241 e. The lowest BCUT2D eigenvalue weighted by molar-refractivity contribution is -0.115. The Labute approximate surface area is 152 Å². The lowest BCUT2D eigenvalue weighted by Crippen LogP contribution is -2.33. The number of nitrogens with one attached hydrogen (secondary N) is 2. The first kappa shape index (κ1) is 19.2. The van der Waals surface area contributed by atoms with E-state index in [0.717, 1.165) is 5.56 Å². The Balaban J connectivity index is 1.97. The maximum Gasteiger partial charge on any atom is 0.241 e. The van der Waals surface area contributed by atoms with Gasteiger partial charge in [-0.15, -0.1) is 0 Å². The van der Waals surface area contributed by atoms with Crippen molar-refractivity contribution in [2.75, 3.05) is 18.5 Å². The highest BCUT2D eigenvalue weighted by Gasteiger charge is 2.16. The van der Waals surface area contributed by atoms with Gasteiger partial charge in [-0.2, -0.15) is 0 Å². The number of aryl methyl sites for hydroxylation is 1. The van der Waals surface area contributed by atoms with Gasteiger partial charge in [-0.25, -0.2) is 13.1 Å². The van der Waals surface area contributed by atoms with Crippen LogP contribution in [0.4, 0.5) is 5.69 Å². The molecular weight excluding hydrogens is 364 g/mol. The fourth-order valence-corrected chi connectivity index (χ4v) is 3.30. The molecular formula is C17H19ClN2O4S. The molecule has 2 rings (SSSR count). The van der Waals surface area contributed by atoms with Crippen LogP contribution >= 0.6 is 11.6 Å². The van der Waals surface area contributed by atoms with E-state index < -0.39 is 15.9 Å². The van der Waals surface area contributed by atoms with Crippen LogP contribution in [0.2, 0.25) is 5.02 Å². The number of halogens is 1. The summed E-state index contributed by atoms with van der Waals surface area (Å²) in [5.74, 6) is 0.109. The van der Waals surface area contributed by atoms with E-state index >= 15 is 0 Å². The molecule has 25 heavy (non-hydrogen) atoms. The van der Waals surface area contributed by atoms with Gasteiger partial charge in [-0.05, 0) is 61.9 Å². The Bertz CT molecular complexity index is 851. The van der Waals surface area contributed by atoms with Crippen molar-refractivity contribution in [3.63, 3.8) is 0 Å². The first-order valence-corrected chi connectivity index (χ1v) is 9.46. The Morgan fingerprint density at radius 2 is 1.84 bits per heavy atom. The molecule has 0 atom stereocenters. The van der Waals surface area contributed by atoms with Crippen molar-refractivity contribution in [1.82, 2.24) is 4.72 Å². The van der Waals surface area contributed by atoms with E-state index in [2.05, 4.69) is 10.0 Å². The van der Waals surface area contributed by atoms with Crippen molar-refractivity contribution < 1.29 is 17.9 Å². The van der Waals surface area contributed by atoms with Gasteiger partial charge in [-0.1, -0.05) is 11.6 Å². The van der Waals surface area contributed by atoms with Crippen LogP contribution in [-0.2, 0) is 14.8 Å². The first-order valence-electron chi connectivity index (χ1n) is 7.60. The molecule has 0 radical (unpaired) electrons. The quantitative estimate of drug-likeness (QED) is 0.771. The zero-order valence-corrected chi connectivity index (χ0v) is 15.4. The highest BCUT2D eigenvalue weighted by molar-refractivity contribution is 7.89. The van der Waals surface area contributed by atoms with Crippen LogP contribution in [0, 0.1) is 6.92 Å². The summed E-state index contributed by atoms with van der Waals surface area (Å²) >= 11 is 5.86. The van der Waals surface area contributed by atoms with Crippen LogP contribution in [0.1, 0.15) is 12.5 Å². The van der Waals surface area contributed by atoms with Crippen LogP contribution in [0.15, 0.2) is 47.4 Å². The van der Waals surface area contributed by atoms with E-state index in [-0.39, 0.29) is 11.4 Å². The summed E-state index contributed by atoms with van der Waals surface area (Å²) in [4.78, 5) is 12.0. The second-order valence-electron chi connectivity index (χ2n) is 5.24. The van der Waals surface area contributed by atoms with Crippen molar-refractivity contribution in [2.24, 2.45) is 0 Å². The van der Waals surface area contributed by atoms with E-state index in [1.54, 1.807) is 37.3 Å². The van der Waals surface area contributed by atoms with E-state index in [1.807, 2.05) is 6.92 Å². The number of amides is 1. The summed E-state index contributed by atoms with van der Waals surface area (Å²) in [6.45, 7) is 3.76. The van der Waals surface area contributed by atoms with Crippen LogP contribution in [-0.4, -0.2) is 27.5 Å². The van der Waals surface area contributed by atoms with Crippen LogP contribution in [0.3, 0.4) is 0 Å². The van der Waals surface area contributed by atoms with Gasteiger partial charge < -0.3 is 10.1 Å². The average Bonchev–Trinajstić information content (AvgIpc) is 2.57. The van der Waals surface area contributed by atoms with Gasteiger partial charge in [0.05, 0.1) is 18.0 Å². The molecule has 0 aliphatic carbocycles. The highest BCUT2D eigenvalue weighted by Crippen LogP contribution is 2.19. The SMILES string of the molecule is CCOc1ccc(S(=O)(=O)NCC(=O)Nc2ccc(Cl)cc2C)cc1. The molecule has 134 valence electrons. The van der Waals surface area contributed by atoms with Crippen LogP contribution in [0.5, 0.6) is 5.75 Å². The minimum absolute atomic E-state index is 0.0615. The number of hydrogen-bond donors (Lipinski definition) is 2. The summed E-state index contributed by atoms with van der Waals surface area (Å²) in [5.41, 5.74) is 1.37. The van der Waals surface area contributed by atoms with Gasteiger partial charge in [0.1, 0.15) is 5.75 Å². The minimum atomic E-state index is -3.78. The number of anilines is 1. The molecule has 0 unspecified atom stereocenters. The Kier molecular flexibility index (Phi) is 6.41. The number of carbonyl (C=O) groups is 1. The predicted molar refractivity (Wildman–Crippen MR) is 97.6 cm³/mol. The molecule has 0 saturated carbocycles. The van der Waals surface area contributed by atoms with Gasteiger partial charge in [0.2, 0.25) is 15.9 Å². The van der Waals surface area contributed by atoms with Crippen molar-refractivity contribution in [3.05, 3.63) is 53.1 Å². The standard InChI is InChI=1S/C17H19ClN2O4S/c1-3-24-14-5-7-15(8-6-14)25(22,23)19-11-17(21)20-16-9-4-13(18)10-12(16)2/h4-10,19H,3,11H2,1-2H3,(H,20,21). The van der Waals surface area contributed by atoms with Crippen LogP contribution < -0.4 is 14.8 Å². The fraction of sp³-hybridized carbons (Fsp3) is 0.235. The van der Waals surface area contributed by atoms with E-state index in [9.17, 15) is 13.2 Å². The predicted octanol–water partition coefficient (Wildman–Crippen LogP) is 2.96. The topological polar surface area (TPSA) is 84.5 Å². The maximum absolute atomic E-state index is 12.2. The molecule has 2 aromatic carbocycles. The van der Waals surface area contributed by atoms with Crippen LogP contribution in [0.25, 0.3) is 0 Å². The second-order valence-corrected chi connectivity index (χ2v) is 7.44. The average molecular weight is 383 g/mol. The lowest BCUT2D eigenvalue weighted by Gasteiger charge is -2.10. The summed E-state index contributed by atoms with van der Waals surface area (Å²) in [6, 6.07) is 11.0. The monoisotopic (exact) mass is 382 g/mol. The molecule has 0 bridgehead atoms.